The summed E-state index contributed by atoms with van der Waals surface area (Å²) >= 11 is 0. The van der Waals surface area contributed by atoms with Crippen LogP contribution in [0.4, 0.5) is 0 Å². The van der Waals surface area contributed by atoms with Gasteiger partial charge >= 0.3 is 5.97 Å². The Morgan fingerprint density at radius 1 is 0.840 bits per heavy atom. The van der Waals surface area contributed by atoms with Crippen LogP contribution in [-0.4, -0.2) is 35.5 Å². The molecule has 0 unspecified atom stereocenters. The van der Waals surface area contributed by atoms with Crippen LogP contribution in [0.3, 0.4) is 0 Å². The average molecular weight is 347 g/mol. The first-order chi connectivity index (χ1) is 12.1. The molecule has 0 spiro atoms. The molecule has 0 aliphatic carbocycles. The number of hydrogen-bond acceptors (Lipinski definition) is 2. The molecule has 1 aromatic carbocycles. The zero-order valence-electron chi connectivity index (χ0n) is 15.8. The van der Waals surface area contributed by atoms with E-state index in [4.69, 9.17) is 0 Å². The smallest absolute Gasteiger partial charge is 0.336 e. The third kappa shape index (κ3) is 8.19. The molecular weight excluding hydrogens is 314 g/mol. The van der Waals surface area contributed by atoms with Crippen molar-refractivity contribution in [1.29, 1.82) is 0 Å². The fourth-order valence-corrected chi connectivity index (χ4v) is 3.00. The minimum absolute atomic E-state index is 0.0717. The Hall–Kier alpha value is -1.84. The summed E-state index contributed by atoms with van der Waals surface area (Å²) in [5.41, 5.74) is 0.340. The number of unbranched alkanes of at least 4 members (excludes halogenated alkanes) is 9. The zero-order valence-corrected chi connectivity index (χ0v) is 15.8. The fourth-order valence-electron chi connectivity index (χ4n) is 3.00. The number of carbonyl (C=O) groups excluding carboxylic acids is 1. The Labute approximate surface area is 152 Å². The molecule has 0 aromatic heterocycles. The van der Waals surface area contributed by atoms with Crippen LogP contribution in [0, 0.1) is 0 Å². The second kappa shape index (κ2) is 12.5. The summed E-state index contributed by atoms with van der Waals surface area (Å²) in [6, 6.07) is 6.40. The van der Waals surface area contributed by atoms with E-state index in [1.807, 2.05) is 0 Å². The van der Waals surface area contributed by atoms with Gasteiger partial charge in [0, 0.05) is 13.6 Å². The maximum atomic E-state index is 12.4. The van der Waals surface area contributed by atoms with Crippen molar-refractivity contribution in [2.45, 2.75) is 71.1 Å². The van der Waals surface area contributed by atoms with Crippen LogP contribution in [0.5, 0.6) is 0 Å². The Balaban J connectivity index is 2.21. The number of carbonyl (C=O) groups is 2. The lowest BCUT2D eigenvalue weighted by Crippen LogP contribution is -2.29. The quantitative estimate of drug-likeness (QED) is 0.487. The van der Waals surface area contributed by atoms with Gasteiger partial charge in [-0.1, -0.05) is 76.8 Å². The molecule has 0 aliphatic rings. The first kappa shape index (κ1) is 21.2. The molecule has 0 aliphatic heterocycles. The van der Waals surface area contributed by atoms with Gasteiger partial charge in [-0.15, -0.1) is 0 Å². The number of benzene rings is 1. The molecule has 1 aromatic rings. The lowest BCUT2D eigenvalue weighted by Gasteiger charge is -2.18. The van der Waals surface area contributed by atoms with Crippen LogP contribution in [0.1, 0.15) is 91.8 Å². The third-order valence-electron chi connectivity index (χ3n) is 4.58. The van der Waals surface area contributed by atoms with Crippen molar-refractivity contribution in [3.05, 3.63) is 35.4 Å². The van der Waals surface area contributed by atoms with Crippen molar-refractivity contribution < 1.29 is 14.7 Å². The molecule has 4 heteroatoms. The molecule has 1 rings (SSSR count). The number of hydrogen-bond donors (Lipinski definition) is 1. The van der Waals surface area contributed by atoms with Crippen LogP contribution in [0.2, 0.25) is 0 Å². The normalized spacial score (nSPS) is 10.6. The first-order valence-corrected chi connectivity index (χ1v) is 9.65. The molecule has 1 N–H and O–H groups in total. The van der Waals surface area contributed by atoms with E-state index in [2.05, 4.69) is 6.92 Å². The molecule has 0 saturated carbocycles. The molecule has 0 atom stereocenters. The lowest BCUT2D eigenvalue weighted by molar-refractivity contribution is 0.0681. The van der Waals surface area contributed by atoms with E-state index in [0.29, 0.717) is 6.54 Å². The highest BCUT2D eigenvalue weighted by Gasteiger charge is 2.18. The van der Waals surface area contributed by atoms with E-state index >= 15 is 0 Å². The Kier molecular flexibility index (Phi) is 10.6. The predicted molar refractivity (Wildman–Crippen MR) is 102 cm³/mol. The van der Waals surface area contributed by atoms with Crippen molar-refractivity contribution in [2.24, 2.45) is 0 Å². The van der Waals surface area contributed by atoms with Gasteiger partial charge in [0.05, 0.1) is 11.1 Å². The van der Waals surface area contributed by atoms with Crippen LogP contribution < -0.4 is 0 Å². The molecule has 25 heavy (non-hydrogen) atoms. The summed E-state index contributed by atoms with van der Waals surface area (Å²) in [7, 11) is 1.74. The summed E-state index contributed by atoms with van der Waals surface area (Å²) in [6.07, 6.45) is 12.6. The zero-order chi connectivity index (χ0) is 18.5. The van der Waals surface area contributed by atoms with Crippen LogP contribution in [0.25, 0.3) is 0 Å². The third-order valence-corrected chi connectivity index (χ3v) is 4.58. The highest BCUT2D eigenvalue weighted by Crippen LogP contribution is 2.13. The van der Waals surface area contributed by atoms with E-state index in [0.717, 1.165) is 12.8 Å². The van der Waals surface area contributed by atoms with Gasteiger partial charge in [0.2, 0.25) is 0 Å². The van der Waals surface area contributed by atoms with Gasteiger partial charge in [-0.2, -0.15) is 0 Å². The second-order valence-electron chi connectivity index (χ2n) is 6.76. The minimum atomic E-state index is -1.06. The highest BCUT2D eigenvalue weighted by molar-refractivity contribution is 6.04. The van der Waals surface area contributed by atoms with Crippen molar-refractivity contribution in [2.75, 3.05) is 13.6 Å². The van der Waals surface area contributed by atoms with Crippen LogP contribution in [0.15, 0.2) is 24.3 Å². The molecule has 0 saturated heterocycles. The molecule has 4 nitrogen and oxygen atoms in total. The van der Waals surface area contributed by atoms with Crippen LogP contribution >= 0.6 is 0 Å². The summed E-state index contributed by atoms with van der Waals surface area (Å²) < 4.78 is 0. The number of carboxylic acid groups (broad SMARTS) is 1. The second-order valence-corrected chi connectivity index (χ2v) is 6.76. The Bertz CT molecular complexity index is 528. The summed E-state index contributed by atoms with van der Waals surface area (Å²) in [6.45, 7) is 2.91. The summed E-state index contributed by atoms with van der Waals surface area (Å²) in [5.74, 6) is -1.27. The van der Waals surface area contributed by atoms with Gasteiger partial charge < -0.3 is 10.0 Å². The molecular formula is C21H33NO3. The standard InChI is InChI=1S/C21H33NO3/c1-3-4-5-6-7-8-9-10-11-14-17-22(2)20(23)18-15-12-13-16-19(18)21(24)25/h12-13,15-16H,3-11,14,17H2,1-2H3,(H,24,25). The van der Waals surface area contributed by atoms with E-state index < -0.39 is 5.97 Å². The van der Waals surface area contributed by atoms with Gasteiger partial charge in [-0.05, 0) is 18.6 Å². The molecule has 140 valence electrons. The number of aromatic carboxylic acids is 1. The largest absolute Gasteiger partial charge is 0.478 e. The highest BCUT2D eigenvalue weighted by atomic mass is 16.4. The SMILES string of the molecule is CCCCCCCCCCCCN(C)C(=O)c1ccccc1C(=O)O. The lowest BCUT2D eigenvalue weighted by atomic mass is 10.1. The van der Waals surface area contributed by atoms with Crippen molar-refractivity contribution in [3.63, 3.8) is 0 Å². The number of amides is 1. The van der Waals surface area contributed by atoms with Gasteiger partial charge in [0.15, 0.2) is 0 Å². The van der Waals surface area contributed by atoms with E-state index in [9.17, 15) is 14.7 Å². The maximum Gasteiger partial charge on any atom is 0.336 e. The van der Waals surface area contributed by atoms with Crippen molar-refractivity contribution in [1.82, 2.24) is 4.90 Å². The number of carboxylic acids is 1. The summed E-state index contributed by atoms with van der Waals surface area (Å²) in [5, 5.41) is 9.19. The number of rotatable bonds is 13. The van der Waals surface area contributed by atoms with Crippen molar-refractivity contribution in [3.8, 4) is 0 Å². The van der Waals surface area contributed by atoms with Gasteiger partial charge in [-0.3, -0.25) is 4.79 Å². The molecule has 0 heterocycles. The molecule has 0 bridgehead atoms. The monoisotopic (exact) mass is 347 g/mol. The Morgan fingerprint density at radius 2 is 1.32 bits per heavy atom. The minimum Gasteiger partial charge on any atom is -0.478 e. The average Bonchev–Trinajstić information content (AvgIpc) is 2.62. The Morgan fingerprint density at radius 3 is 1.84 bits per heavy atom. The van der Waals surface area contributed by atoms with Gasteiger partial charge in [-0.25, -0.2) is 4.79 Å². The molecule has 1 amide bonds. The fraction of sp³-hybridized carbons (Fsp3) is 0.619. The molecule has 0 radical (unpaired) electrons. The van der Waals surface area contributed by atoms with Gasteiger partial charge in [0.1, 0.15) is 0 Å². The maximum absolute atomic E-state index is 12.4. The summed E-state index contributed by atoms with van der Waals surface area (Å²) in [4.78, 5) is 25.3. The van der Waals surface area contributed by atoms with Crippen LogP contribution in [-0.2, 0) is 0 Å². The van der Waals surface area contributed by atoms with E-state index in [-0.39, 0.29) is 17.0 Å². The van der Waals surface area contributed by atoms with Gasteiger partial charge in [0.25, 0.3) is 5.91 Å². The van der Waals surface area contributed by atoms with E-state index in [1.165, 1.54) is 57.4 Å². The van der Waals surface area contributed by atoms with Crippen molar-refractivity contribution >= 4 is 11.9 Å². The first-order valence-electron chi connectivity index (χ1n) is 9.65. The van der Waals surface area contributed by atoms with E-state index in [1.54, 1.807) is 30.1 Å². The predicted octanol–water partition coefficient (Wildman–Crippen LogP) is 5.38. The molecule has 0 fully saturated rings. The number of nitrogens with zero attached hydrogens (tertiary/aromatic N) is 1. The topological polar surface area (TPSA) is 57.6 Å².